The highest BCUT2D eigenvalue weighted by atomic mass is 32.2. The van der Waals surface area contributed by atoms with Gasteiger partial charge < -0.3 is 19.5 Å². The van der Waals surface area contributed by atoms with Gasteiger partial charge in [0.05, 0.1) is 30.4 Å². The average molecular weight is 413 g/mol. The van der Waals surface area contributed by atoms with E-state index in [9.17, 15) is 4.79 Å². The second kappa shape index (κ2) is 10.0. The summed E-state index contributed by atoms with van der Waals surface area (Å²) in [6.07, 6.45) is 1.82. The van der Waals surface area contributed by atoms with Crippen LogP contribution in [0.15, 0.2) is 52.4 Å². The first kappa shape index (κ1) is 20.8. The molecule has 1 saturated heterocycles. The molecule has 0 atom stereocenters. The topological polar surface area (TPSA) is 69.2 Å². The molecule has 3 rings (SSSR count). The number of carbonyl (C=O) groups excluding carboxylic acids is 1. The minimum Gasteiger partial charge on any atom is -0.494 e. The quantitative estimate of drug-likeness (QED) is 0.632. The van der Waals surface area contributed by atoms with Gasteiger partial charge in [0.25, 0.3) is 5.91 Å². The molecule has 1 heterocycles. The highest BCUT2D eigenvalue weighted by molar-refractivity contribution is 8.18. The maximum absolute atomic E-state index is 12.3. The van der Waals surface area contributed by atoms with Crippen LogP contribution in [0, 0.1) is 0 Å². The molecule has 0 saturated carbocycles. The summed E-state index contributed by atoms with van der Waals surface area (Å²) in [7, 11) is 0. The summed E-state index contributed by atoms with van der Waals surface area (Å²) in [6.45, 7) is 7.50. The first-order valence-electron chi connectivity index (χ1n) is 9.55. The molecule has 0 aromatic heterocycles. The molecule has 2 aromatic rings. The van der Waals surface area contributed by atoms with Crippen molar-refractivity contribution in [2.45, 2.75) is 20.8 Å². The third-order valence-electron chi connectivity index (χ3n) is 3.89. The second-order valence-corrected chi connectivity index (χ2v) is 7.01. The van der Waals surface area contributed by atoms with Crippen LogP contribution in [0.5, 0.6) is 17.2 Å². The number of nitrogens with one attached hydrogen (secondary N) is 1. The number of ether oxygens (including phenoxy) is 3. The molecule has 1 N–H and O–H groups in total. The molecule has 6 nitrogen and oxygen atoms in total. The van der Waals surface area contributed by atoms with Crippen molar-refractivity contribution in [3.05, 3.63) is 52.9 Å². The summed E-state index contributed by atoms with van der Waals surface area (Å²) in [4.78, 5) is 17.4. The Morgan fingerprint density at radius 3 is 2.31 bits per heavy atom. The molecule has 0 aliphatic carbocycles. The monoisotopic (exact) mass is 412 g/mol. The van der Waals surface area contributed by atoms with Gasteiger partial charge in [-0.05, 0) is 80.6 Å². The Balaban J connectivity index is 1.77. The minimum atomic E-state index is -0.175. The lowest BCUT2D eigenvalue weighted by Gasteiger charge is -2.11. The van der Waals surface area contributed by atoms with Gasteiger partial charge in [-0.1, -0.05) is 6.07 Å². The van der Waals surface area contributed by atoms with Gasteiger partial charge in [-0.15, -0.1) is 0 Å². The molecule has 0 bridgehead atoms. The van der Waals surface area contributed by atoms with Crippen LogP contribution in [0.3, 0.4) is 0 Å². The van der Waals surface area contributed by atoms with E-state index in [0.717, 1.165) is 17.0 Å². The summed E-state index contributed by atoms with van der Waals surface area (Å²) in [5.74, 6) is 1.97. The molecule has 29 heavy (non-hydrogen) atoms. The maximum atomic E-state index is 12.3. The van der Waals surface area contributed by atoms with E-state index in [1.54, 1.807) is 0 Å². The van der Waals surface area contributed by atoms with Crippen molar-refractivity contribution in [3.8, 4) is 17.2 Å². The zero-order chi connectivity index (χ0) is 20.6. The number of benzene rings is 2. The van der Waals surface area contributed by atoms with Crippen LogP contribution in [0.2, 0.25) is 0 Å². The molecule has 1 fully saturated rings. The van der Waals surface area contributed by atoms with E-state index < -0.39 is 0 Å². The molecule has 0 radical (unpaired) electrons. The van der Waals surface area contributed by atoms with E-state index in [1.807, 2.05) is 69.3 Å². The molecule has 7 heteroatoms. The highest BCUT2D eigenvalue weighted by Crippen LogP contribution is 2.32. The molecule has 0 unspecified atom stereocenters. The predicted octanol–water partition coefficient (Wildman–Crippen LogP) is 4.77. The van der Waals surface area contributed by atoms with Crippen molar-refractivity contribution < 1.29 is 19.0 Å². The number of amides is 1. The lowest BCUT2D eigenvalue weighted by molar-refractivity contribution is -0.115. The number of aliphatic imine (C=N–C) groups is 1. The van der Waals surface area contributed by atoms with Crippen LogP contribution in [0.4, 0.5) is 5.69 Å². The summed E-state index contributed by atoms with van der Waals surface area (Å²) >= 11 is 1.30. The highest BCUT2D eigenvalue weighted by Gasteiger charge is 2.24. The zero-order valence-corrected chi connectivity index (χ0v) is 17.5. The summed E-state index contributed by atoms with van der Waals surface area (Å²) in [5, 5.41) is 3.35. The van der Waals surface area contributed by atoms with E-state index in [1.165, 1.54) is 11.8 Å². The molecule has 1 amide bonds. The van der Waals surface area contributed by atoms with Crippen LogP contribution in [0.1, 0.15) is 26.3 Å². The van der Waals surface area contributed by atoms with Crippen molar-refractivity contribution in [1.29, 1.82) is 0 Å². The first-order valence-corrected chi connectivity index (χ1v) is 10.4. The Bertz CT molecular complexity index is 923. The van der Waals surface area contributed by atoms with Crippen molar-refractivity contribution in [3.63, 3.8) is 0 Å². The fourth-order valence-corrected chi connectivity index (χ4v) is 3.53. The van der Waals surface area contributed by atoms with Gasteiger partial charge in [0.1, 0.15) is 5.75 Å². The lowest BCUT2D eigenvalue weighted by Crippen LogP contribution is -2.19. The second-order valence-electron chi connectivity index (χ2n) is 5.98. The maximum Gasteiger partial charge on any atom is 0.264 e. The van der Waals surface area contributed by atoms with Gasteiger partial charge in [-0.25, -0.2) is 4.99 Å². The SMILES string of the molecule is CCOc1ccc(N=C2NC(=O)/C(=C\c3ccc(OCC)c(OCC)c3)S2)cc1. The summed E-state index contributed by atoms with van der Waals surface area (Å²) < 4.78 is 16.7. The fraction of sp³-hybridized carbons (Fsp3) is 0.273. The predicted molar refractivity (Wildman–Crippen MR) is 117 cm³/mol. The fourth-order valence-electron chi connectivity index (χ4n) is 2.69. The Labute approximate surface area is 175 Å². The van der Waals surface area contributed by atoms with Crippen molar-refractivity contribution >= 4 is 34.6 Å². The average Bonchev–Trinajstić information content (AvgIpc) is 3.05. The Morgan fingerprint density at radius 1 is 0.931 bits per heavy atom. The number of carbonyl (C=O) groups is 1. The van der Waals surface area contributed by atoms with Crippen LogP contribution in [0.25, 0.3) is 6.08 Å². The largest absolute Gasteiger partial charge is 0.494 e. The molecule has 0 spiro atoms. The van der Waals surface area contributed by atoms with Crippen molar-refractivity contribution in [2.24, 2.45) is 4.99 Å². The van der Waals surface area contributed by atoms with Gasteiger partial charge in [-0.3, -0.25) is 4.79 Å². The number of amidine groups is 1. The Morgan fingerprint density at radius 2 is 1.62 bits per heavy atom. The number of hydrogen-bond acceptors (Lipinski definition) is 6. The summed E-state index contributed by atoms with van der Waals surface area (Å²) in [6, 6.07) is 13.0. The molecular weight excluding hydrogens is 388 g/mol. The van der Waals surface area contributed by atoms with E-state index in [4.69, 9.17) is 14.2 Å². The molecular formula is C22H24N2O4S. The van der Waals surface area contributed by atoms with E-state index in [2.05, 4.69) is 10.3 Å². The van der Waals surface area contributed by atoms with E-state index in [0.29, 0.717) is 41.4 Å². The summed E-state index contributed by atoms with van der Waals surface area (Å²) in [5.41, 5.74) is 1.61. The molecule has 2 aromatic carbocycles. The van der Waals surface area contributed by atoms with Gasteiger partial charge >= 0.3 is 0 Å². The van der Waals surface area contributed by atoms with E-state index in [-0.39, 0.29) is 5.91 Å². The van der Waals surface area contributed by atoms with Gasteiger partial charge in [0.2, 0.25) is 0 Å². The third-order valence-corrected chi connectivity index (χ3v) is 4.80. The normalized spacial score (nSPS) is 16.2. The minimum absolute atomic E-state index is 0.175. The standard InChI is InChI=1S/C22H24N2O4S/c1-4-26-17-10-8-16(9-11-17)23-22-24-21(25)20(29-22)14-15-7-12-18(27-5-2)19(13-15)28-6-3/h7-14H,4-6H2,1-3H3,(H,23,24,25)/b20-14+. The Kier molecular flexibility index (Phi) is 7.19. The van der Waals surface area contributed by atoms with Gasteiger partial charge in [0.15, 0.2) is 16.7 Å². The first-order chi connectivity index (χ1) is 14.1. The smallest absolute Gasteiger partial charge is 0.264 e. The number of nitrogens with zero attached hydrogens (tertiary/aromatic N) is 1. The number of thioether (sulfide) groups is 1. The third kappa shape index (κ3) is 5.54. The number of hydrogen-bond donors (Lipinski definition) is 1. The van der Waals surface area contributed by atoms with Gasteiger partial charge in [0, 0.05) is 0 Å². The lowest BCUT2D eigenvalue weighted by atomic mass is 10.2. The molecule has 1 aliphatic rings. The van der Waals surface area contributed by atoms with Crippen molar-refractivity contribution in [1.82, 2.24) is 5.32 Å². The van der Waals surface area contributed by atoms with Crippen LogP contribution < -0.4 is 19.5 Å². The Hall–Kier alpha value is -2.93. The van der Waals surface area contributed by atoms with Gasteiger partial charge in [-0.2, -0.15) is 0 Å². The molecule has 152 valence electrons. The molecule has 1 aliphatic heterocycles. The van der Waals surface area contributed by atoms with Crippen LogP contribution in [-0.2, 0) is 4.79 Å². The zero-order valence-electron chi connectivity index (χ0n) is 16.7. The van der Waals surface area contributed by atoms with Crippen molar-refractivity contribution in [2.75, 3.05) is 19.8 Å². The number of rotatable bonds is 8. The van der Waals surface area contributed by atoms with Crippen LogP contribution in [-0.4, -0.2) is 30.9 Å². The van der Waals surface area contributed by atoms with E-state index >= 15 is 0 Å². The van der Waals surface area contributed by atoms with Crippen LogP contribution >= 0.6 is 11.8 Å².